The number of aromatic nitrogens is 4. The highest BCUT2D eigenvalue weighted by Gasteiger charge is 2.12. The summed E-state index contributed by atoms with van der Waals surface area (Å²) in [5.41, 5.74) is 9.19. The highest BCUT2D eigenvalue weighted by molar-refractivity contribution is 7.89. The van der Waals surface area contributed by atoms with E-state index in [9.17, 15) is 18.0 Å². The molecule has 1 amide bonds. The summed E-state index contributed by atoms with van der Waals surface area (Å²) in [6, 6.07) is 19.8. The molecule has 5 aromatic rings. The molecule has 2 aromatic heterocycles. The zero-order valence-corrected chi connectivity index (χ0v) is 24.9. The second kappa shape index (κ2) is 14.0. The first-order valence-corrected chi connectivity index (χ1v) is 15.5. The van der Waals surface area contributed by atoms with Crippen molar-refractivity contribution in [1.82, 2.24) is 25.3 Å². The predicted molar refractivity (Wildman–Crippen MR) is 166 cm³/mol. The molecule has 0 saturated carbocycles. The second-order valence-electron chi connectivity index (χ2n) is 10.1. The van der Waals surface area contributed by atoms with Gasteiger partial charge in [-0.2, -0.15) is 0 Å². The molecular formula is C31H31N7O6S. The minimum atomic E-state index is -3.82. The smallest absolute Gasteiger partial charge is 0.251 e. The number of anilines is 1. The van der Waals surface area contributed by atoms with Gasteiger partial charge in [-0.25, -0.2) is 18.5 Å². The number of rotatable bonds is 14. The Labute approximate surface area is 259 Å². The van der Waals surface area contributed by atoms with Crippen molar-refractivity contribution in [1.29, 1.82) is 0 Å². The van der Waals surface area contributed by atoms with Crippen molar-refractivity contribution in [3.05, 3.63) is 102 Å². The number of nitrogens with zero attached hydrogens (tertiary/aromatic N) is 4. The number of nitrogens with two attached hydrogens (primary N) is 2. The van der Waals surface area contributed by atoms with Gasteiger partial charge in [-0.3, -0.25) is 14.3 Å². The number of aryl methyl sites for hydroxylation is 1. The number of nitrogens with one attached hydrogen (secondary N) is 1. The Kier molecular flexibility index (Phi) is 9.65. The third-order valence-corrected chi connectivity index (χ3v) is 7.70. The fourth-order valence-corrected chi connectivity index (χ4v) is 5.02. The Morgan fingerprint density at radius 1 is 1.00 bits per heavy atom. The van der Waals surface area contributed by atoms with E-state index >= 15 is 0 Å². The number of primary sulfonamides is 1. The monoisotopic (exact) mass is 629 g/mol. The van der Waals surface area contributed by atoms with Crippen LogP contribution in [0.3, 0.4) is 0 Å². The molecule has 0 fully saturated rings. The first-order chi connectivity index (χ1) is 21.7. The van der Waals surface area contributed by atoms with Gasteiger partial charge < -0.3 is 20.5 Å². The standard InChI is InChI=1S/C31H31N7O6S/c32-28-7-2-6-27-29(17-24(20-39)35-30(27)28)44-15-12-23-19-38(37-36-23)13-3-14-43-25-5-1-4-21(16-25)18-34-31(40)22-8-10-26(11-9-22)45(33,41)42/h1-2,4-11,16-17,19-20H,3,12-15,18,32H2,(H,34,40)(H2,33,41,42). The molecule has 14 heteroatoms. The van der Waals surface area contributed by atoms with Crippen LogP contribution in [0.4, 0.5) is 5.69 Å². The Hall–Kier alpha value is -5.34. The van der Waals surface area contributed by atoms with E-state index in [0.717, 1.165) is 16.6 Å². The molecule has 0 saturated heterocycles. The van der Waals surface area contributed by atoms with Crippen LogP contribution >= 0.6 is 0 Å². The van der Waals surface area contributed by atoms with E-state index in [1.54, 1.807) is 16.8 Å². The van der Waals surface area contributed by atoms with Gasteiger partial charge in [-0.1, -0.05) is 23.4 Å². The van der Waals surface area contributed by atoms with Gasteiger partial charge in [0.15, 0.2) is 6.29 Å². The first-order valence-electron chi connectivity index (χ1n) is 14.0. The number of sulfonamides is 1. The van der Waals surface area contributed by atoms with E-state index in [1.807, 2.05) is 42.6 Å². The van der Waals surface area contributed by atoms with E-state index in [1.165, 1.54) is 24.3 Å². The summed E-state index contributed by atoms with van der Waals surface area (Å²) in [4.78, 5) is 28.0. The number of benzene rings is 3. The van der Waals surface area contributed by atoms with Crippen molar-refractivity contribution >= 4 is 38.8 Å². The van der Waals surface area contributed by atoms with Crippen molar-refractivity contribution in [3.8, 4) is 11.5 Å². The number of amides is 1. The molecule has 0 aliphatic rings. The number of aldehydes is 1. The normalized spacial score (nSPS) is 11.3. The first kappa shape index (κ1) is 31.1. The Balaban J connectivity index is 1.05. The number of pyridine rings is 1. The molecule has 5 N–H and O–H groups in total. The summed E-state index contributed by atoms with van der Waals surface area (Å²) in [5.74, 6) is 0.852. The largest absolute Gasteiger partial charge is 0.494 e. The highest BCUT2D eigenvalue weighted by Crippen LogP contribution is 2.28. The van der Waals surface area contributed by atoms with Gasteiger partial charge in [0.05, 0.1) is 35.0 Å². The maximum Gasteiger partial charge on any atom is 0.251 e. The Morgan fingerprint density at radius 3 is 2.58 bits per heavy atom. The van der Waals surface area contributed by atoms with Gasteiger partial charge in [-0.05, 0) is 54.1 Å². The topological polar surface area (TPSA) is 194 Å². The lowest BCUT2D eigenvalue weighted by Gasteiger charge is -2.10. The minimum Gasteiger partial charge on any atom is -0.494 e. The maximum atomic E-state index is 12.5. The van der Waals surface area contributed by atoms with Crippen LogP contribution in [0.5, 0.6) is 11.5 Å². The molecule has 0 spiro atoms. The van der Waals surface area contributed by atoms with E-state index in [2.05, 4.69) is 20.6 Å². The molecule has 0 unspecified atom stereocenters. The van der Waals surface area contributed by atoms with Gasteiger partial charge in [-0.15, -0.1) is 5.10 Å². The van der Waals surface area contributed by atoms with Crippen molar-refractivity contribution in [2.75, 3.05) is 18.9 Å². The molecule has 0 aliphatic heterocycles. The highest BCUT2D eigenvalue weighted by atomic mass is 32.2. The molecule has 13 nitrogen and oxygen atoms in total. The summed E-state index contributed by atoms with van der Waals surface area (Å²) in [6.45, 7) is 1.64. The lowest BCUT2D eigenvalue weighted by Crippen LogP contribution is -2.23. The number of fused-ring (bicyclic) bond motifs is 1. The molecule has 0 aliphatic carbocycles. The number of carbonyl (C=O) groups excluding carboxylic acids is 2. The van der Waals surface area contributed by atoms with Crippen LogP contribution in [0.25, 0.3) is 10.9 Å². The zero-order valence-electron chi connectivity index (χ0n) is 24.1. The minimum absolute atomic E-state index is 0.0592. The molecule has 45 heavy (non-hydrogen) atoms. The molecule has 2 heterocycles. The quantitative estimate of drug-likeness (QED) is 0.0934. The van der Waals surface area contributed by atoms with Crippen LogP contribution in [0.2, 0.25) is 0 Å². The molecular weight excluding hydrogens is 598 g/mol. The van der Waals surface area contributed by atoms with Crippen molar-refractivity contribution in [2.24, 2.45) is 5.14 Å². The lowest BCUT2D eigenvalue weighted by atomic mass is 10.1. The van der Waals surface area contributed by atoms with Gasteiger partial charge in [0, 0.05) is 49.1 Å². The van der Waals surface area contributed by atoms with Crippen molar-refractivity contribution in [3.63, 3.8) is 0 Å². The van der Waals surface area contributed by atoms with Gasteiger partial charge >= 0.3 is 0 Å². The Bertz CT molecular complexity index is 1930. The summed E-state index contributed by atoms with van der Waals surface area (Å²) in [7, 11) is -3.82. The third-order valence-electron chi connectivity index (χ3n) is 6.77. The fourth-order valence-electron chi connectivity index (χ4n) is 4.51. The summed E-state index contributed by atoms with van der Waals surface area (Å²) >= 11 is 0. The summed E-state index contributed by atoms with van der Waals surface area (Å²) in [5, 5.41) is 17.0. The average molecular weight is 630 g/mol. The number of ether oxygens (including phenoxy) is 2. The Morgan fingerprint density at radius 2 is 1.80 bits per heavy atom. The van der Waals surface area contributed by atoms with Crippen molar-refractivity contribution in [2.45, 2.75) is 30.8 Å². The van der Waals surface area contributed by atoms with Crippen LogP contribution in [0.1, 0.15) is 38.5 Å². The van der Waals surface area contributed by atoms with Crippen LogP contribution in [-0.4, -0.2) is 53.8 Å². The molecule has 5 rings (SSSR count). The van der Waals surface area contributed by atoms with Crippen molar-refractivity contribution < 1.29 is 27.5 Å². The molecule has 0 radical (unpaired) electrons. The second-order valence-corrected chi connectivity index (χ2v) is 11.6. The van der Waals surface area contributed by atoms with E-state index in [-0.39, 0.29) is 23.0 Å². The number of hydrogen-bond donors (Lipinski definition) is 3. The van der Waals surface area contributed by atoms with E-state index in [4.69, 9.17) is 20.3 Å². The summed E-state index contributed by atoms with van der Waals surface area (Å²) < 4.78 is 36.4. The SMILES string of the molecule is Nc1cccc2c(OCCc3cn(CCCOc4cccc(CNC(=O)c5ccc(S(N)(=O)=O)cc5)c4)nn3)cc(C=O)nc12. The third kappa shape index (κ3) is 8.19. The van der Waals surface area contributed by atoms with Crippen LogP contribution in [-0.2, 0) is 29.5 Å². The predicted octanol–water partition coefficient (Wildman–Crippen LogP) is 2.89. The molecule has 232 valence electrons. The zero-order chi connectivity index (χ0) is 31.8. The van der Waals surface area contributed by atoms with E-state index < -0.39 is 10.0 Å². The number of nitrogen functional groups attached to an aromatic ring is 1. The van der Waals surface area contributed by atoms with Gasteiger partial charge in [0.1, 0.15) is 17.2 Å². The lowest BCUT2D eigenvalue weighted by molar-refractivity contribution is 0.0950. The number of hydrogen-bond acceptors (Lipinski definition) is 10. The van der Waals surface area contributed by atoms with Crippen LogP contribution < -0.4 is 25.7 Å². The van der Waals surface area contributed by atoms with Crippen LogP contribution in [0.15, 0.2) is 83.9 Å². The number of carbonyl (C=O) groups is 2. The molecule has 0 atom stereocenters. The van der Waals surface area contributed by atoms with Gasteiger partial charge in [0.25, 0.3) is 5.91 Å². The number of para-hydroxylation sites is 1. The maximum absolute atomic E-state index is 12.5. The average Bonchev–Trinajstić information content (AvgIpc) is 3.49. The molecule has 3 aromatic carbocycles. The molecule has 0 bridgehead atoms. The summed E-state index contributed by atoms with van der Waals surface area (Å²) in [6.07, 6.45) is 3.72. The fraction of sp³-hybridized carbons (Fsp3) is 0.194. The van der Waals surface area contributed by atoms with Crippen LogP contribution in [0, 0.1) is 0 Å². The van der Waals surface area contributed by atoms with E-state index in [0.29, 0.717) is 67.2 Å². The van der Waals surface area contributed by atoms with Gasteiger partial charge in [0.2, 0.25) is 10.0 Å².